The molecule has 0 aromatic heterocycles. The Hall–Kier alpha value is -0.350. The minimum Gasteiger partial charge on any atom is -0.316 e. The van der Waals surface area contributed by atoms with E-state index in [1.165, 1.54) is 0 Å². The number of rotatable bonds is 5. The van der Waals surface area contributed by atoms with Crippen molar-refractivity contribution in [3.05, 3.63) is 12.7 Å². The summed E-state index contributed by atoms with van der Waals surface area (Å²) in [7, 11) is -1.02. The van der Waals surface area contributed by atoms with Crippen LogP contribution in [0, 0.1) is 0 Å². The molecule has 0 aromatic rings. The molecule has 1 aliphatic heterocycles. The van der Waals surface area contributed by atoms with Gasteiger partial charge in [0.1, 0.15) is 0 Å². The molecule has 1 aliphatic rings. The number of allylic oxidation sites excluding steroid dienone is 1. The third-order valence-corrected chi connectivity index (χ3v) is 5.47. The molecule has 2 atom stereocenters. The Balaban J connectivity index is 2.68. The monoisotopic (exact) mass is 231 g/mol. The number of sulfone groups is 1. The van der Waals surface area contributed by atoms with Crippen molar-refractivity contribution in [2.24, 2.45) is 0 Å². The highest BCUT2D eigenvalue weighted by Gasteiger charge is 2.34. The van der Waals surface area contributed by atoms with Crippen LogP contribution in [0.4, 0.5) is 0 Å². The molecule has 0 radical (unpaired) electrons. The number of hydrogen-bond donors (Lipinski definition) is 1. The van der Waals surface area contributed by atoms with Gasteiger partial charge in [0.05, 0.1) is 11.0 Å². The van der Waals surface area contributed by atoms with E-state index in [2.05, 4.69) is 11.9 Å². The van der Waals surface area contributed by atoms with Crippen molar-refractivity contribution in [2.45, 2.75) is 43.4 Å². The van der Waals surface area contributed by atoms with Gasteiger partial charge in [-0.25, -0.2) is 8.42 Å². The lowest BCUT2D eigenvalue weighted by atomic mass is 10.0. The van der Waals surface area contributed by atoms with Crippen LogP contribution >= 0.6 is 0 Å². The quantitative estimate of drug-likeness (QED) is 0.730. The Morgan fingerprint density at radius 3 is 2.80 bits per heavy atom. The molecule has 0 amide bonds. The van der Waals surface area contributed by atoms with Crippen LogP contribution in [-0.2, 0) is 9.84 Å². The lowest BCUT2D eigenvalue weighted by Gasteiger charge is -2.29. The molecule has 3 nitrogen and oxygen atoms in total. The molecular weight excluding hydrogens is 210 g/mol. The molecule has 15 heavy (non-hydrogen) atoms. The summed E-state index contributed by atoms with van der Waals surface area (Å²) in [5.74, 6) is 0.365. The van der Waals surface area contributed by atoms with Gasteiger partial charge in [0, 0.05) is 6.04 Å². The number of hydrogen-bond acceptors (Lipinski definition) is 3. The third kappa shape index (κ3) is 3.31. The summed E-state index contributed by atoms with van der Waals surface area (Å²) in [4.78, 5) is 0. The van der Waals surface area contributed by atoms with Crippen molar-refractivity contribution in [3.8, 4) is 0 Å². The molecule has 0 saturated carbocycles. The highest BCUT2D eigenvalue weighted by Crippen LogP contribution is 2.24. The van der Waals surface area contributed by atoms with E-state index in [0.717, 1.165) is 32.1 Å². The lowest BCUT2D eigenvalue weighted by Crippen LogP contribution is -2.45. The van der Waals surface area contributed by atoms with Gasteiger partial charge in [-0.15, -0.1) is 6.58 Å². The normalized spacial score (nSPS) is 27.1. The molecule has 1 fully saturated rings. The van der Waals surface area contributed by atoms with Crippen LogP contribution in [0.3, 0.4) is 0 Å². The van der Waals surface area contributed by atoms with Gasteiger partial charge in [-0.2, -0.15) is 0 Å². The third-order valence-electron chi connectivity index (χ3n) is 3.13. The van der Waals surface area contributed by atoms with Gasteiger partial charge in [0.15, 0.2) is 9.84 Å². The van der Waals surface area contributed by atoms with Crippen molar-refractivity contribution < 1.29 is 8.42 Å². The summed E-state index contributed by atoms with van der Waals surface area (Å²) in [6, 6.07) is 0.0910. The summed E-state index contributed by atoms with van der Waals surface area (Å²) in [5.41, 5.74) is 0. The maximum atomic E-state index is 11.9. The van der Waals surface area contributed by atoms with Gasteiger partial charge < -0.3 is 5.32 Å². The van der Waals surface area contributed by atoms with Crippen molar-refractivity contribution in [2.75, 3.05) is 12.8 Å². The smallest absolute Gasteiger partial charge is 0.154 e. The van der Waals surface area contributed by atoms with Gasteiger partial charge in [0.2, 0.25) is 0 Å². The van der Waals surface area contributed by atoms with Crippen LogP contribution in [0.5, 0.6) is 0 Å². The Labute approximate surface area is 92.9 Å². The standard InChI is InChI=1S/C11H21NO2S/c1-3-4-7-10(12-2)11-8-5-6-9-15(11,13)14/h3,10-12H,1,4-9H2,2H3. The van der Waals surface area contributed by atoms with Gasteiger partial charge >= 0.3 is 0 Å². The van der Waals surface area contributed by atoms with E-state index in [1.54, 1.807) is 0 Å². The lowest BCUT2D eigenvalue weighted by molar-refractivity contribution is 0.441. The molecule has 1 heterocycles. The Bertz CT molecular complexity index is 298. The molecule has 0 spiro atoms. The van der Waals surface area contributed by atoms with Crippen LogP contribution < -0.4 is 5.32 Å². The average molecular weight is 231 g/mol. The molecule has 0 aromatic carbocycles. The first-order valence-electron chi connectivity index (χ1n) is 5.61. The molecule has 0 bridgehead atoms. The van der Waals surface area contributed by atoms with Crippen molar-refractivity contribution in [1.82, 2.24) is 5.32 Å². The summed E-state index contributed by atoms with van der Waals surface area (Å²) in [6.07, 6.45) is 6.26. The SMILES string of the molecule is C=CCCC(NC)C1CCCCS1(=O)=O. The number of nitrogens with one attached hydrogen (secondary N) is 1. The Kier molecular flexibility index (Phi) is 4.80. The summed E-state index contributed by atoms with van der Waals surface area (Å²) in [6.45, 7) is 3.67. The molecular formula is C11H21NO2S. The first-order chi connectivity index (χ1) is 7.11. The van der Waals surface area contributed by atoms with Crippen molar-refractivity contribution in [3.63, 3.8) is 0 Å². The highest BCUT2D eigenvalue weighted by atomic mass is 32.2. The average Bonchev–Trinajstić information content (AvgIpc) is 2.20. The molecule has 1 rings (SSSR count). The zero-order valence-corrected chi connectivity index (χ0v) is 10.2. The van der Waals surface area contributed by atoms with Crippen LogP contribution in [0.1, 0.15) is 32.1 Å². The maximum absolute atomic E-state index is 11.9. The topological polar surface area (TPSA) is 46.2 Å². The van der Waals surface area contributed by atoms with E-state index in [-0.39, 0.29) is 11.3 Å². The van der Waals surface area contributed by atoms with E-state index >= 15 is 0 Å². The molecule has 4 heteroatoms. The van der Waals surface area contributed by atoms with E-state index in [0.29, 0.717) is 5.75 Å². The fourth-order valence-corrected chi connectivity index (χ4v) is 4.45. The van der Waals surface area contributed by atoms with Crippen molar-refractivity contribution >= 4 is 9.84 Å². The Morgan fingerprint density at radius 2 is 2.27 bits per heavy atom. The zero-order chi connectivity index (χ0) is 11.3. The van der Waals surface area contributed by atoms with Crippen LogP contribution in [0.25, 0.3) is 0 Å². The fraction of sp³-hybridized carbons (Fsp3) is 0.818. The van der Waals surface area contributed by atoms with Crippen LogP contribution in [0.15, 0.2) is 12.7 Å². The van der Waals surface area contributed by atoms with Gasteiger partial charge in [-0.3, -0.25) is 0 Å². The molecule has 88 valence electrons. The predicted molar refractivity (Wildman–Crippen MR) is 63.7 cm³/mol. The summed E-state index contributed by atoms with van der Waals surface area (Å²) in [5, 5.41) is 2.95. The molecule has 2 unspecified atom stereocenters. The van der Waals surface area contributed by atoms with Crippen LogP contribution in [-0.4, -0.2) is 32.5 Å². The highest BCUT2D eigenvalue weighted by molar-refractivity contribution is 7.92. The largest absolute Gasteiger partial charge is 0.316 e. The second kappa shape index (κ2) is 5.66. The molecule has 1 saturated heterocycles. The zero-order valence-electron chi connectivity index (χ0n) is 9.41. The second-order valence-corrected chi connectivity index (χ2v) is 6.50. The molecule has 1 N–H and O–H groups in total. The van der Waals surface area contributed by atoms with E-state index in [4.69, 9.17) is 0 Å². The van der Waals surface area contributed by atoms with E-state index in [1.807, 2.05) is 13.1 Å². The maximum Gasteiger partial charge on any atom is 0.154 e. The van der Waals surface area contributed by atoms with Gasteiger partial charge in [-0.05, 0) is 32.7 Å². The first kappa shape index (κ1) is 12.7. The van der Waals surface area contributed by atoms with E-state index in [9.17, 15) is 8.42 Å². The summed E-state index contributed by atoms with van der Waals surface area (Å²) >= 11 is 0. The Morgan fingerprint density at radius 1 is 1.53 bits per heavy atom. The fourth-order valence-electron chi connectivity index (χ4n) is 2.24. The second-order valence-electron chi connectivity index (χ2n) is 4.16. The minimum absolute atomic E-state index is 0.0910. The molecule has 0 aliphatic carbocycles. The van der Waals surface area contributed by atoms with Crippen molar-refractivity contribution in [1.29, 1.82) is 0 Å². The minimum atomic E-state index is -2.86. The first-order valence-corrected chi connectivity index (χ1v) is 7.33. The van der Waals surface area contributed by atoms with E-state index < -0.39 is 9.84 Å². The predicted octanol–water partition coefficient (Wildman–Crippen LogP) is 1.51. The van der Waals surface area contributed by atoms with Gasteiger partial charge in [0.25, 0.3) is 0 Å². The van der Waals surface area contributed by atoms with Crippen LogP contribution in [0.2, 0.25) is 0 Å². The summed E-state index contributed by atoms with van der Waals surface area (Å²) < 4.78 is 23.8. The van der Waals surface area contributed by atoms with Gasteiger partial charge in [-0.1, -0.05) is 12.5 Å².